The first kappa shape index (κ1) is 20.6. The Kier molecular flexibility index (Phi) is 5.73. The molecule has 1 fully saturated rings. The fourth-order valence-electron chi connectivity index (χ4n) is 3.70. The molecule has 2 aromatic carbocycles. The average Bonchev–Trinajstić information content (AvgIpc) is 3.04. The van der Waals surface area contributed by atoms with Crippen molar-refractivity contribution >= 4 is 29.1 Å². The molecule has 0 bridgehead atoms. The Morgan fingerprint density at radius 3 is 2.58 bits per heavy atom. The van der Waals surface area contributed by atoms with E-state index in [2.05, 4.69) is 4.98 Å². The number of aromatic nitrogens is 1. The Morgan fingerprint density at radius 2 is 1.87 bits per heavy atom. The van der Waals surface area contributed by atoms with E-state index in [-0.39, 0.29) is 17.9 Å². The van der Waals surface area contributed by atoms with Crippen molar-refractivity contribution in [2.24, 2.45) is 0 Å². The highest BCUT2D eigenvalue weighted by atomic mass is 35.5. The first-order valence-electron chi connectivity index (χ1n) is 9.58. The van der Waals surface area contributed by atoms with Crippen molar-refractivity contribution in [1.82, 2.24) is 9.88 Å². The number of carbonyl (C=O) groups is 2. The molecule has 1 saturated heterocycles. The molecule has 1 unspecified atom stereocenters. The summed E-state index contributed by atoms with van der Waals surface area (Å²) in [6, 6.07) is 18.1. The molecule has 0 aliphatic carbocycles. The summed E-state index contributed by atoms with van der Waals surface area (Å²) < 4.78 is 5.40. The van der Waals surface area contributed by atoms with E-state index >= 15 is 0 Å². The quantitative estimate of drug-likeness (QED) is 0.366. The number of ether oxygens (including phenoxy) is 1. The average molecular weight is 435 g/mol. The van der Waals surface area contributed by atoms with Gasteiger partial charge < -0.3 is 14.7 Å². The summed E-state index contributed by atoms with van der Waals surface area (Å²) in [6.07, 6.45) is 1.58. The van der Waals surface area contributed by atoms with Gasteiger partial charge in [0.25, 0.3) is 11.7 Å². The molecule has 0 radical (unpaired) electrons. The molecule has 1 atom stereocenters. The number of para-hydroxylation sites is 1. The number of ketones is 1. The molecule has 156 valence electrons. The highest BCUT2D eigenvalue weighted by Crippen LogP contribution is 2.40. The van der Waals surface area contributed by atoms with Gasteiger partial charge >= 0.3 is 0 Å². The summed E-state index contributed by atoms with van der Waals surface area (Å²) in [5, 5.41) is 11.4. The minimum atomic E-state index is -0.856. The molecule has 1 aromatic heterocycles. The molecule has 3 aromatic rings. The third kappa shape index (κ3) is 3.90. The van der Waals surface area contributed by atoms with E-state index in [9.17, 15) is 14.7 Å². The fourth-order valence-corrected chi connectivity index (χ4v) is 3.89. The predicted molar refractivity (Wildman–Crippen MR) is 117 cm³/mol. The van der Waals surface area contributed by atoms with Gasteiger partial charge in [-0.2, -0.15) is 0 Å². The van der Waals surface area contributed by atoms with Crippen molar-refractivity contribution in [2.75, 3.05) is 7.11 Å². The highest BCUT2D eigenvalue weighted by molar-refractivity contribution is 6.46. The summed E-state index contributed by atoms with van der Waals surface area (Å²) in [6.45, 7) is 0.113. The van der Waals surface area contributed by atoms with Gasteiger partial charge in [-0.1, -0.05) is 48.0 Å². The van der Waals surface area contributed by atoms with Crippen molar-refractivity contribution in [3.05, 3.63) is 100 Å². The molecule has 1 aliphatic rings. The van der Waals surface area contributed by atoms with Gasteiger partial charge in [-0.15, -0.1) is 0 Å². The molecule has 6 nitrogen and oxygen atoms in total. The molecule has 2 heterocycles. The molecular formula is C24H19ClN2O4. The monoisotopic (exact) mass is 434 g/mol. The maximum absolute atomic E-state index is 13.0. The molecule has 1 N–H and O–H groups in total. The van der Waals surface area contributed by atoms with Crippen LogP contribution in [0.1, 0.15) is 22.9 Å². The van der Waals surface area contributed by atoms with Crippen LogP contribution in [0.2, 0.25) is 5.02 Å². The number of aliphatic hydroxyl groups excluding tert-OH is 1. The van der Waals surface area contributed by atoms with Gasteiger partial charge in [-0.25, -0.2) is 0 Å². The van der Waals surface area contributed by atoms with E-state index < -0.39 is 17.7 Å². The third-order valence-corrected chi connectivity index (χ3v) is 5.37. The Labute approximate surface area is 184 Å². The zero-order chi connectivity index (χ0) is 22.0. The summed E-state index contributed by atoms with van der Waals surface area (Å²) in [4.78, 5) is 31.8. The third-order valence-electron chi connectivity index (χ3n) is 5.14. The van der Waals surface area contributed by atoms with E-state index in [1.165, 1.54) is 4.90 Å². The predicted octanol–water partition coefficient (Wildman–Crippen LogP) is 4.37. The van der Waals surface area contributed by atoms with Gasteiger partial charge in [0.1, 0.15) is 17.6 Å². The van der Waals surface area contributed by atoms with Crippen LogP contribution >= 0.6 is 11.6 Å². The highest BCUT2D eigenvalue weighted by Gasteiger charge is 2.46. The normalized spacial score (nSPS) is 17.7. The van der Waals surface area contributed by atoms with E-state index in [4.69, 9.17) is 16.3 Å². The Bertz CT molecular complexity index is 1180. The smallest absolute Gasteiger partial charge is 0.296 e. The van der Waals surface area contributed by atoms with E-state index in [0.29, 0.717) is 22.0 Å². The first-order valence-corrected chi connectivity index (χ1v) is 9.96. The van der Waals surface area contributed by atoms with E-state index in [1.54, 1.807) is 61.8 Å². The second kappa shape index (κ2) is 8.62. The SMILES string of the molecule is COc1ccccc1CN1C(=O)C(=O)/C(=C(\O)c2cccc(Cl)c2)C1c1ccccn1. The largest absolute Gasteiger partial charge is 0.507 e. The zero-order valence-electron chi connectivity index (χ0n) is 16.7. The van der Waals surface area contributed by atoms with Gasteiger partial charge in [-0.3, -0.25) is 14.6 Å². The molecule has 1 aliphatic heterocycles. The lowest BCUT2D eigenvalue weighted by Crippen LogP contribution is -2.29. The lowest BCUT2D eigenvalue weighted by atomic mass is 9.98. The number of carbonyl (C=O) groups excluding carboxylic acids is 2. The van der Waals surface area contributed by atoms with Gasteiger partial charge in [0.05, 0.1) is 24.9 Å². The summed E-state index contributed by atoms with van der Waals surface area (Å²) in [7, 11) is 1.54. The summed E-state index contributed by atoms with van der Waals surface area (Å²) in [5.74, 6) is -1.19. The number of pyridine rings is 1. The number of halogens is 1. The fraction of sp³-hybridized carbons (Fsp3) is 0.125. The maximum atomic E-state index is 13.0. The van der Waals surface area contributed by atoms with Gasteiger partial charge in [0.15, 0.2) is 0 Å². The maximum Gasteiger partial charge on any atom is 0.296 e. The van der Waals surface area contributed by atoms with Crippen LogP contribution in [-0.2, 0) is 16.1 Å². The van der Waals surface area contributed by atoms with E-state index in [0.717, 1.165) is 5.56 Å². The van der Waals surface area contributed by atoms with Crippen molar-refractivity contribution in [2.45, 2.75) is 12.6 Å². The topological polar surface area (TPSA) is 79.7 Å². The van der Waals surface area contributed by atoms with Gasteiger partial charge in [0, 0.05) is 22.3 Å². The lowest BCUT2D eigenvalue weighted by molar-refractivity contribution is -0.140. The standard InChI is InChI=1S/C24H19ClN2O4/c1-31-19-11-3-2-7-16(19)14-27-21(18-10-4-5-12-26-18)20(23(29)24(27)30)22(28)15-8-6-9-17(25)13-15/h2-13,21,28H,14H2,1H3/b22-20-. The van der Waals surface area contributed by atoms with Crippen LogP contribution in [-0.4, -0.2) is 33.8 Å². The molecule has 0 spiro atoms. The molecule has 4 rings (SSSR count). The molecule has 31 heavy (non-hydrogen) atoms. The van der Waals surface area contributed by atoms with Crippen LogP contribution in [0, 0.1) is 0 Å². The Balaban J connectivity index is 1.86. The van der Waals surface area contributed by atoms with Crippen LogP contribution < -0.4 is 4.74 Å². The second-order valence-corrected chi connectivity index (χ2v) is 7.44. The number of likely N-dealkylation sites (tertiary alicyclic amines) is 1. The lowest BCUT2D eigenvalue weighted by Gasteiger charge is -2.25. The molecule has 1 amide bonds. The number of amides is 1. The number of nitrogens with zero attached hydrogens (tertiary/aromatic N) is 2. The number of aliphatic hydroxyl groups is 1. The number of Topliss-reactive ketones (excluding diaryl/α,β-unsaturated/α-hetero) is 1. The van der Waals surface area contributed by atoms with Crippen LogP contribution in [0.15, 0.2) is 78.5 Å². The van der Waals surface area contributed by atoms with Crippen LogP contribution in [0.4, 0.5) is 0 Å². The summed E-state index contributed by atoms with van der Waals surface area (Å²) in [5.41, 5.74) is 1.53. The number of hydrogen-bond acceptors (Lipinski definition) is 5. The number of benzene rings is 2. The minimum absolute atomic E-state index is 0.0270. The molecular weight excluding hydrogens is 416 g/mol. The van der Waals surface area contributed by atoms with Gasteiger partial charge in [0.2, 0.25) is 0 Å². The van der Waals surface area contributed by atoms with Crippen LogP contribution in [0.3, 0.4) is 0 Å². The minimum Gasteiger partial charge on any atom is -0.507 e. The summed E-state index contributed by atoms with van der Waals surface area (Å²) >= 11 is 6.06. The van der Waals surface area contributed by atoms with Crippen molar-refractivity contribution < 1.29 is 19.4 Å². The van der Waals surface area contributed by atoms with Crippen LogP contribution in [0.25, 0.3) is 5.76 Å². The van der Waals surface area contributed by atoms with Gasteiger partial charge in [-0.05, 0) is 30.3 Å². The second-order valence-electron chi connectivity index (χ2n) is 7.00. The van der Waals surface area contributed by atoms with Crippen LogP contribution in [0.5, 0.6) is 5.75 Å². The molecule has 0 saturated carbocycles. The van der Waals surface area contributed by atoms with E-state index in [1.807, 2.05) is 18.2 Å². The zero-order valence-corrected chi connectivity index (χ0v) is 17.4. The Morgan fingerprint density at radius 1 is 1.10 bits per heavy atom. The first-order chi connectivity index (χ1) is 15.0. The number of hydrogen-bond donors (Lipinski definition) is 1. The van der Waals surface area contributed by atoms with Crippen molar-refractivity contribution in [3.63, 3.8) is 0 Å². The van der Waals surface area contributed by atoms with Crippen molar-refractivity contribution in [3.8, 4) is 5.75 Å². The van der Waals surface area contributed by atoms with Crippen molar-refractivity contribution in [1.29, 1.82) is 0 Å². The number of methoxy groups -OCH3 is 1. The Hall–Kier alpha value is -3.64. The molecule has 7 heteroatoms. The number of rotatable bonds is 5.